The van der Waals surface area contributed by atoms with Crippen molar-refractivity contribution in [3.05, 3.63) is 22.3 Å². The van der Waals surface area contributed by atoms with Crippen LogP contribution in [0.3, 0.4) is 0 Å². The predicted molar refractivity (Wildman–Crippen MR) is 144 cm³/mol. The molecule has 2 N–H and O–H groups in total. The summed E-state index contributed by atoms with van der Waals surface area (Å²) in [4.78, 5) is 51.3. The number of fused-ring (bicyclic) bond motifs is 1. The molecule has 4 heterocycles. The van der Waals surface area contributed by atoms with Crippen LogP contribution in [-0.2, 0) is 27.3 Å². The van der Waals surface area contributed by atoms with Gasteiger partial charge in [0.2, 0.25) is 16.2 Å². The highest BCUT2D eigenvalue weighted by atomic mass is 32.2. The maximum atomic E-state index is 12.9. The summed E-state index contributed by atoms with van der Waals surface area (Å²) in [5.74, 6) is -1.24. The topological polar surface area (TPSA) is 162 Å². The molecule has 2 atom stereocenters. The summed E-state index contributed by atoms with van der Waals surface area (Å²) in [6.45, 7) is 1.35. The number of nitrogens with zero attached hydrogens (tertiary/aromatic N) is 9. The number of β-lactam (4-membered cyclic amide) rings is 1. The Kier molecular flexibility index (Phi) is 9.01. The minimum absolute atomic E-state index is 0.00120. The SMILES string of the molecule is CN(C)C=Nc1nc(CC(=O)N[C@H]2C(=O)N3C(C(=O)O)=C(CSc4nnnn4CCN(C)C)CS[C@@H]23)cs1. The lowest BCUT2D eigenvalue weighted by atomic mass is 10.0. The fraction of sp³-hybridized carbons (Fsp3) is 0.524. The normalized spacial score (nSPS) is 19.2. The van der Waals surface area contributed by atoms with E-state index in [0.717, 1.165) is 6.54 Å². The molecular formula is C21H28N10O4S3. The Hall–Kier alpha value is -3.02. The maximum absolute atomic E-state index is 12.9. The van der Waals surface area contributed by atoms with Gasteiger partial charge in [-0.3, -0.25) is 14.5 Å². The lowest BCUT2D eigenvalue weighted by Crippen LogP contribution is -2.70. The van der Waals surface area contributed by atoms with Gasteiger partial charge in [0.1, 0.15) is 17.1 Å². The van der Waals surface area contributed by atoms with Gasteiger partial charge in [0.05, 0.1) is 25.0 Å². The molecule has 1 fully saturated rings. The van der Waals surface area contributed by atoms with E-state index in [1.807, 2.05) is 33.1 Å². The van der Waals surface area contributed by atoms with E-state index in [1.54, 1.807) is 21.3 Å². The number of nitrogens with one attached hydrogen (secondary N) is 1. The van der Waals surface area contributed by atoms with E-state index in [4.69, 9.17) is 0 Å². The second kappa shape index (κ2) is 12.2. The van der Waals surface area contributed by atoms with Crippen LogP contribution in [0.25, 0.3) is 0 Å². The van der Waals surface area contributed by atoms with Crippen LogP contribution in [0.5, 0.6) is 0 Å². The first-order valence-electron chi connectivity index (χ1n) is 11.5. The fourth-order valence-corrected chi connectivity index (χ4v) is 6.72. The maximum Gasteiger partial charge on any atom is 0.352 e. The van der Waals surface area contributed by atoms with Crippen molar-refractivity contribution < 1.29 is 19.5 Å². The van der Waals surface area contributed by atoms with Crippen LogP contribution in [0.2, 0.25) is 0 Å². The van der Waals surface area contributed by atoms with Gasteiger partial charge >= 0.3 is 5.97 Å². The van der Waals surface area contributed by atoms with Crippen molar-refractivity contribution in [1.82, 2.24) is 45.2 Å². The third-order valence-electron chi connectivity index (χ3n) is 5.48. The van der Waals surface area contributed by atoms with Crippen LogP contribution in [0.1, 0.15) is 5.69 Å². The van der Waals surface area contributed by atoms with Crippen LogP contribution in [0, 0.1) is 0 Å². The number of hydrogen-bond donors (Lipinski definition) is 2. The minimum atomic E-state index is -1.18. The second-order valence-corrected chi connectivity index (χ2v) is 11.9. The molecule has 2 aromatic heterocycles. The van der Waals surface area contributed by atoms with Gasteiger partial charge in [-0.05, 0) is 30.1 Å². The lowest BCUT2D eigenvalue weighted by Gasteiger charge is -2.49. The zero-order valence-electron chi connectivity index (χ0n) is 21.3. The van der Waals surface area contributed by atoms with Crippen molar-refractivity contribution >= 4 is 64.1 Å². The molecule has 2 aliphatic rings. The van der Waals surface area contributed by atoms with Crippen LogP contribution in [0.15, 0.2) is 26.8 Å². The smallest absolute Gasteiger partial charge is 0.352 e. The largest absolute Gasteiger partial charge is 0.477 e. The van der Waals surface area contributed by atoms with Gasteiger partial charge < -0.3 is 20.2 Å². The van der Waals surface area contributed by atoms with Crippen molar-refractivity contribution in [2.24, 2.45) is 4.99 Å². The monoisotopic (exact) mass is 580 g/mol. The molecule has 2 aromatic rings. The van der Waals surface area contributed by atoms with E-state index in [9.17, 15) is 19.5 Å². The summed E-state index contributed by atoms with van der Waals surface area (Å²) in [5.41, 5.74) is 1.13. The fourth-order valence-electron chi connectivity index (χ4n) is 3.67. The van der Waals surface area contributed by atoms with E-state index < -0.39 is 23.3 Å². The summed E-state index contributed by atoms with van der Waals surface area (Å²) in [6, 6.07) is -0.792. The Balaban J connectivity index is 1.37. The predicted octanol–water partition coefficient (Wildman–Crippen LogP) is -0.0140. The highest BCUT2D eigenvalue weighted by molar-refractivity contribution is 8.01. The molecule has 0 saturated carbocycles. The number of likely N-dealkylation sites (N-methyl/N-ethyl adjacent to an activating group) is 1. The Bertz CT molecular complexity index is 1260. The second-order valence-electron chi connectivity index (χ2n) is 9.00. The van der Waals surface area contributed by atoms with Crippen molar-refractivity contribution in [3.8, 4) is 0 Å². The van der Waals surface area contributed by atoms with E-state index >= 15 is 0 Å². The average molecular weight is 581 g/mol. The first-order valence-corrected chi connectivity index (χ1v) is 14.4. The van der Waals surface area contributed by atoms with Gasteiger partial charge in [-0.25, -0.2) is 19.5 Å². The Morgan fingerprint density at radius 1 is 1.34 bits per heavy atom. The molecule has 4 rings (SSSR count). The molecule has 17 heteroatoms. The van der Waals surface area contributed by atoms with Crippen LogP contribution < -0.4 is 5.32 Å². The van der Waals surface area contributed by atoms with E-state index in [1.165, 1.54) is 39.8 Å². The number of aliphatic carboxylic acids is 1. The zero-order chi connectivity index (χ0) is 27.4. The van der Waals surface area contributed by atoms with E-state index in [-0.39, 0.29) is 18.0 Å². The molecule has 14 nitrogen and oxygen atoms in total. The molecule has 0 unspecified atom stereocenters. The summed E-state index contributed by atoms with van der Waals surface area (Å²) in [5, 5.41) is 26.8. The van der Waals surface area contributed by atoms with Gasteiger partial charge in [0, 0.05) is 37.5 Å². The van der Waals surface area contributed by atoms with Crippen molar-refractivity contribution in [3.63, 3.8) is 0 Å². The summed E-state index contributed by atoms with van der Waals surface area (Å²) >= 11 is 4.07. The number of carboxylic acids is 1. The van der Waals surface area contributed by atoms with Gasteiger partial charge in [0.25, 0.3) is 5.91 Å². The average Bonchev–Trinajstić information content (AvgIpc) is 3.51. The van der Waals surface area contributed by atoms with Gasteiger partial charge in [-0.15, -0.1) is 28.2 Å². The number of carbonyl (C=O) groups is 3. The number of rotatable bonds is 12. The Labute approximate surface area is 231 Å². The molecule has 38 heavy (non-hydrogen) atoms. The van der Waals surface area contributed by atoms with Crippen molar-refractivity contribution in [2.45, 2.75) is 29.5 Å². The summed E-state index contributed by atoms with van der Waals surface area (Å²) in [7, 11) is 7.60. The Morgan fingerprint density at radius 3 is 2.84 bits per heavy atom. The molecule has 0 aliphatic carbocycles. The van der Waals surface area contributed by atoms with E-state index in [2.05, 4.69) is 30.8 Å². The van der Waals surface area contributed by atoms with E-state index in [0.29, 0.717) is 39.6 Å². The van der Waals surface area contributed by atoms with Crippen LogP contribution >= 0.6 is 34.9 Å². The number of tetrazole rings is 1. The van der Waals surface area contributed by atoms with Gasteiger partial charge in [0.15, 0.2) is 0 Å². The molecule has 2 amide bonds. The third-order valence-corrected chi connectivity index (χ3v) is 8.66. The number of thiazole rings is 1. The number of carbonyl (C=O) groups excluding carboxylic acids is 2. The summed E-state index contributed by atoms with van der Waals surface area (Å²) in [6.07, 6.45) is 1.62. The number of carboxylic acid groups (broad SMARTS) is 1. The zero-order valence-corrected chi connectivity index (χ0v) is 23.7. The molecule has 0 bridgehead atoms. The molecule has 0 aromatic carbocycles. The standard InChI is InChI=1S/C21H28N10O4S3/c1-28(2)5-6-30-21(25-26-27-30)38-9-12-8-36-18-15(17(33)31(18)16(12)19(34)35)24-14(32)7-13-10-37-20(23-13)22-11-29(3)4/h10-11,15,18H,5-9H2,1-4H3,(H,24,32)(H,34,35)/t15-,18-/m0/s1. The molecule has 204 valence electrons. The van der Waals surface area contributed by atoms with Gasteiger partial charge in [-0.2, -0.15) is 0 Å². The number of thioether (sulfide) groups is 2. The van der Waals surface area contributed by atoms with Crippen LogP contribution in [-0.4, -0.2) is 127 Å². The first-order chi connectivity index (χ1) is 18.1. The minimum Gasteiger partial charge on any atom is -0.477 e. The molecule has 0 radical (unpaired) electrons. The molecular weight excluding hydrogens is 552 g/mol. The highest BCUT2D eigenvalue weighted by Crippen LogP contribution is 2.41. The number of hydrogen-bond acceptors (Lipinski definition) is 12. The molecule has 1 saturated heterocycles. The highest BCUT2D eigenvalue weighted by Gasteiger charge is 2.54. The molecule has 2 aliphatic heterocycles. The summed E-state index contributed by atoms with van der Waals surface area (Å²) < 4.78 is 1.67. The number of aromatic nitrogens is 5. The first kappa shape index (κ1) is 28.0. The lowest BCUT2D eigenvalue weighted by molar-refractivity contribution is -0.150. The quantitative estimate of drug-likeness (QED) is 0.150. The number of amides is 2. The Morgan fingerprint density at radius 2 is 2.13 bits per heavy atom. The van der Waals surface area contributed by atoms with Crippen LogP contribution in [0.4, 0.5) is 5.13 Å². The molecule has 0 spiro atoms. The van der Waals surface area contributed by atoms with Crippen molar-refractivity contribution in [2.75, 3.05) is 46.2 Å². The van der Waals surface area contributed by atoms with Gasteiger partial charge in [-0.1, -0.05) is 11.8 Å². The van der Waals surface area contributed by atoms with Crippen molar-refractivity contribution in [1.29, 1.82) is 0 Å². The number of aliphatic imine (C=N–C) groups is 1. The third kappa shape index (κ3) is 6.51.